The summed E-state index contributed by atoms with van der Waals surface area (Å²) in [5.41, 5.74) is 5.07. The van der Waals surface area contributed by atoms with Crippen LogP contribution in [-0.2, 0) is 9.59 Å². The van der Waals surface area contributed by atoms with Crippen molar-refractivity contribution in [2.75, 3.05) is 0 Å². The lowest BCUT2D eigenvalue weighted by atomic mass is 10.1. The third-order valence-corrected chi connectivity index (χ3v) is 1.13. The van der Waals surface area contributed by atoms with Crippen molar-refractivity contribution in [3.63, 3.8) is 0 Å². The van der Waals surface area contributed by atoms with Crippen molar-refractivity contribution in [3.05, 3.63) is 11.6 Å². The Labute approximate surface area is 64.7 Å². The molecule has 1 amide bonds. The summed E-state index contributed by atoms with van der Waals surface area (Å²) in [4.78, 5) is 20.6. The predicted octanol–water partition coefficient (Wildman–Crippen LogP) is 0.283. The Morgan fingerprint density at radius 1 is 1.55 bits per heavy atom. The van der Waals surface area contributed by atoms with Gasteiger partial charge in [-0.2, -0.15) is 0 Å². The second kappa shape index (κ2) is 4.49. The topological polar surface area (TPSA) is 80.4 Å². The van der Waals surface area contributed by atoms with Crippen molar-refractivity contribution >= 4 is 11.9 Å². The standard InChI is InChI=1S/C7H11NO3/c1-2-3-5(7(8)11)4-6(9)10/h4H,2-3H2,1H3,(H2,8,11)(H,9,10)/b5-4-. The van der Waals surface area contributed by atoms with Gasteiger partial charge in [-0.1, -0.05) is 13.3 Å². The van der Waals surface area contributed by atoms with Crippen molar-refractivity contribution in [3.8, 4) is 0 Å². The zero-order valence-corrected chi connectivity index (χ0v) is 6.33. The largest absolute Gasteiger partial charge is 0.478 e. The summed E-state index contributed by atoms with van der Waals surface area (Å²) in [7, 11) is 0. The van der Waals surface area contributed by atoms with Gasteiger partial charge in [0.25, 0.3) is 0 Å². The average molecular weight is 157 g/mol. The van der Waals surface area contributed by atoms with Gasteiger partial charge in [0, 0.05) is 11.6 Å². The van der Waals surface area contributed by atoms with Crippen LogP contribution in [0.25, 0.3) is 0 Å². The molecule has 11 heavy (non-hydrogen) atoms. The van der Waals surface area contributed by atoms with E-state index in [4.69, 9.17) is 10.8 Å². The van der Waals surface area contributed by atoms with Crippen molar-refractivity contribution in [2.24, 2.45) is 5.73 Å². The summed E-state index contributed by atoms with van der Waals surface area (Å²) in [6, 6.07) is 0. The number of hydrogen-bond acceptors (Lipinski definition) is 2. The molecule has 0 saturated carbocycles. The molecule has 0 radical (unpaired) electrons. The molecule has 0 bridgehead atoms. The Morgan fingerprint density at radius 2 is 2.09 bits per heavy atom. The molecule has 0 aromatic heterocycles. The van der Waals surface area contributed by atoms with E-state index in [0.717, 1.165) is 6.08 Å². The SMILES string of the molecule is CCC/C(=C/C(=O)O)C(N)=O. The molecule has 0 unspecified atom stereocenters. The Balaban J connectivity index is 4.32. The summed E-state index contributed by atoms with van der Waals surface area (Å²) in [5, 5.41) is 8.28. The van der Waals surface area contributed by atoms with Crippen LogP contribution in [0, 0.1) is 0 Å². The molecule has 0 aliphatic heterocycles. The molecular formula is C7H11NO3. The molecule has 0 spiro atoms. The average Bonchev–Trinajstić information content (AvgIpc) is 1.86. The van der Waals surface area contributed by atoms with Crippen LogP contribution < -0.4 is 5.73 Å². The van der Waals surface area contributed by atoms with Crippen LogP contribution in [0.3, 0.4) is 0 Å². The highest BCUT2D eigenvalue weighted by Crippen LogP contribution is 2.02. The molecule has 0 aliphatic carbocycles. The Morgan fingerprint density at radius 3 is 2.36 bits per heavy atom. The summed E-state index contributed by atoms with van der Waals surface area (Å²) < 4.78 is 0. The maximum absolute atomic E-state index is 10.5. The van der Waals surface area contributed by atoms with Crippen molar-refractivity contribution < 1.29 is 14.7 Å². The van der Waals surface area contributed by atoms with Crippen LogP contribution >= 0.6 is 0 Å². The van der Waals surface area contributed by atoms with E-state index in [2.05, 4.69) is 0 Å². The predicted molar refractivity (Wildman–Crippen MR) is 39.8 cm³/mol. The number of rotatable bonds is 4. The number of hydrogen-bond donors (Lipinski definition) is 2. The van der Waals surface area contributed by atoms with Gasteiger partial charge in [-0.25, -0.2) is 4.79 Å². The maximum Gasteiger partial charge on any atom is 0.328 e. The van der Waals surface area contributed by atoms with Gasteiger partial charge in [-0.05, 0) is 6.42 Å². The van der Waals surface area contributed by atoms with Crippen LogP contribution in [0.5, 0.6) is 0 Å². The van der Waals surface area contributed by atoms with E-state index < -0.39 is 11.9 Å². The van der Waals surface area contributed by atoms with E-state index in [1.165, 1.54) is 0 Å². The molecule has 0 atom stereocenters. The van der Waals surface area contributed by atoms with E-state index in [0.29, 0.717) is 12.8 Å². The minimum absolute atomic E-state index is 0.167. The number of nitrogens with two attached hydrogens (primary N) is 1. The van der Waals surface area contributed by atoms with E-state index in [1.807, 2.05) is 6.92 Å². The lowest BCUT2D eigenvalue weighted by Gasteiger charge is -1.97. The summed E-state index contributed by atoms with van der Waals surface area (Å²) in [6.45, 7) is 1.85. The molecular weight excluding hydrogens is 146 g/mol. The third kappa shape index (κ3) is 4.13. The molecule has 0 aromatic carbocycles. The van der Waals surface area contributed by atoms with E-state index in [1.54, 1.807) is 0 Å². The lowest BCUT2D eigenvalue weighted by molar-refractivity contribution is -0.131. The van der Waals surface area contributed by atoms with Gasteiger partial charge < -0.3 is 10.8 Å². The molecule has 0 aromatic rings. The van der Waals surface area contributed by atoms with E-state index in [9.17, 15) is 9.59 Å². The number of carboxylic acids is 1. The van der Waals surface area contributed by atoms with Crippen LogP contribution in [0.4, 0.5) is 0 Å². The summed E-state index contributed by atoms with van der Waals surface area (Å²) in [6.07, 6.45) is 1.98. The highest BCUT2D eigenvalue weighted by atomic mass is 16.4. The quantitative estimate of drug-likeness (QED) is 0.575. The second-order valence-electron chi connectivity index (χ2n) is 2.12. The normalized spacial score (nSPS) is 11.2. The molecule has 62 valence electrons. The van der Waals surface area contributed by atoms with Crippen LogP contribution in [-0.4, -0.2) is 17.0 Å². The fourth-order valence-corrected chi connectivity index (χ4v) is 0.685. The smallest absolute Gasteiger partial charge is 0.328 e. The van der Waals surface area contributed by atoms with Crippen LogP contribution in [0.15, 0.2) is 11.6 Å². The van der Waals surface area contributed by atoms with Gasteiger partial charge in [-0.3, -0.25) is 4.79 Å². The van der Waals surface area contributed by atoms with Gasteiger partial charge in [0.2, 0.25) is 5.91 Å². The first-order chi connectivity index (χ1) is 5.07. The van der Waals surface area contributed by atoms with Gasteiger partial charge in [0.05, 0.1) is 0 Å². The highest BCUT2D eigenvalue weighted by molar-refractivity contribution is 5.97. The fourth-order valence-electron chi connectivity index (χ4n) is 0.685. The van der Waals surface area contributed by atoms with Gasteiger partial charge >= 0.3 is 5.97 Å². The van der Waals surface area contributed by atoms with Crippen LogP contribution in [0.2, 0.25) is 0 Å². The number of carbonyl (C=O) groups is 2. The molecule has 4 nitrogen and oxygen atoms in total. The van der Waals surface area contributed by atoms with Gasteiger partial charge in [-0.15, -0.1) is 0 Å². The molecule has 4 heteroatoms. The van der Waals surface area contributed by atoms with Crippen molar-refractivity contribution in [1.82, 2.24) is 0 Å². The molecule has 0 rings (SSSR count). The molecule has 0 heterocycles. The first-order valence-electron chi connectivity index (χ1n) is 3.31. The molecule has 0 saturated heterocycles. The number of carboxylic acid groups (broad SMARTS) is 1. The zero-order chi connectivity index (χ0) is 8.85. The molecule has 0 aliphatic rings. The monoisotopic (exact) mass is 157 g/mol. The molecule has 3 N–H and O–H groups in total. The minimum atomic E-state index is -1.13. The summed E-state index contributed by atoms with van der Waals surface area (Å²) >= 11 is 0. The highest BCUT2D eigenvalue weighted by Gasteiger charge is 2.04. The number of primary amides is 1. The third-order valence-electron chi connectivity index (χ3n) is 1.13. The first-order valence-corrected chi connectivity index (χ1v) is 3.31. The summed E-state index contributed by atoms with van der Waals surface area (Å²) in [5.74, 6) is -1.79. The second-order valence-corrected chi connectivity index (χ2v) is 2.12. The Hall–Kier alpha value is -1.32. The zero-order valence-electron chi connectivity index (χ0n) is 6.33. The molecule has 0 fully saturated rings. The Kier molecular flexibility index (Phi) is 3.95. The minimum Gasteiger partial charge on any atom is -0.478 e. The Bertz CT molecular complexity index is 196. The number of carbonyl (C=O) groups excluding carboxylic acids is 1. The fraction of sp³-hybridized carbons (Fsp3) is 0.429. The van der Waals surface area contributed by atoms with E-state index >= 15 is 0 Å². The number of amides is 1. The van der Waals surface area contributed by atoms with E-state index in [-0.39, 0.29) is 5.57 Å². The maximum atomic E-state index is 10.5. The lowest BCUT2D eigenvalue weighted by Crippen LogP contribution is -2.15. The van der Waals surface area contributed by atoms with Crippen molar-refractivity contribution in [2.45, 2.75) is 19.8 Å². The van der Waals surface area contributed by atoms with Crippen LogP contribution in [0.1, 0.15) is 19.8 Å². The number of aliphatic carboxylic acids is 1. The van der Waals surface area contributed by atoms with Crippen molar-refractivity contribution in [1.29, 1.82) is 0 Å². The first kappa shape index (κ1) is 9.68. The van der Waals surface area contributed by atoms with Gasteiger partial charge in [0.1, 0.15) is 0 Å². The van der Waals surface area contributed by atoms with Gasteiger partial charge in [0.15, 0.2) is 0 Å².